The van der Waals surface area contributed by atoms with Crippen LogP contribution < -0.4 is 0 Å². The lowest BCUT2D eigenvalue weighted by Gasteiger charge is -2.18. The molecule has 0 aliphatic rings. The Kier molecular flexibility index (Phi) is 46.9. The molecule has 0 rings (SSSR count). The number of unbranched alkanes of at least 4 members (excludes halogenated alkanes) is 22. The number of allylic oxidation sites excluding steroid dienone is 12. The maximum Gasteiger partial charge on any atom is 0.306 e. The Morgan fingerprint density at radius 3 is 1.02 bits per heavy atom. The molecule has 0 N–H and O–H groups in total. The van der Waals surface area contributed by atoms with Gasteiger partial charge in [0.15, 0.2) is 6.10 Å². The summed E-state index contributed by atoms with van der Waals surface area (Å²) in [5.41, 5.74) is 0. The number of esters is 3. The summed E-state index contributed by atoms with van der Waals surface area (Å²) >= 11 is 0. The molecule has 0 aliphatic carbocycles. The average molecular weight is 851 g/mol. The number of rotatable bonds is 45. The van der Waals surface area contributed by atoms with Gasteiger partial charge in [0.1, 0.15) is 13.2 Å². The molecular formula is C55H94O6. The van der Waals surface area contributed by atoms with Crippen LogP contribution in [0.2, 0.25) is 0 Å². The molecule has 0 radical (unpaired) electrons. The van der Waals surface area contributed by atoms with E-state index >= 15 is 0 Å². The third-order valence-electron chi connectivity index (χ3n) is 10.7. The molecule has 1 atom stereocenters. The highest BCUT2D eigenvalue weighted by Crippen LogP contribution is 2.14. The van der Waals surface area contributed by atoms with Crippen LogP contribution in [0.3, 0.4) is 0 Å². The number of ether oxygens (including phenoxy) is 3. The average Bonchev–Trinajstić information content (AvgIpc) is 3.26. The van der Waals surface area contributed by atoms with E-state index in [1.165, 1.54) is 89.9 Å². The fourth-order valence-electron chi connectivity index (χ4n) is 6.87. The van der Waals surface area contributed by atoms with Crippen LogP contribution in [0.1, 0.15) is 239 Å². The number of carbonyl (C=O) groups excluding carboxylic acids is 3. The first-order valence-electron chi connectivity index (χ1n) is 25.4. The van der Waals surface area contributed by atoms with Crippen molar-refractivity contribution in [2.45, 2.75) is 245 Å². The van der Waals surface area contributed by atoms with Gasteiger partial charge < -0.3 is 14.2 Å². The molecule has 0 fully saturated rings. The highest BCUT2D eigenvalue weighted by atomic mass is 16.6. The molecule has 0 heterocycles. The predicted octanol–water partition coefficient (Wildman–Crippen LogP) is 16.6. The van der Waals surface area contributed by atoms with Crippen molar-refractivity contribution in [3.63, 3.8) is 0 Å². The summed E-state index contributed by atoms with van der Waals surface area (Å²) in [7, 11) is 0. The molecule has 0 saturated heterocycles. The van der Waals surface area contributed by atoms with Gasteiger partial charge in [0, 0.05) is 19.3 Å². The van der Waals surface area contributed by atoms with E-state index in [0.29, 0.717) is 19.3 Å². The molecule has 350 valence electrons. The zero-order valence-electron chi connectivity index (χ0n) is 39.9. The van der Waals surface area contributed by atoms with Gasteiger partial charge in [-0.3, -0.25) is 14.4 Å². The molecule has 0 aliphatic heterocycles. The van der Waals surface area contributed by atoms with Crippen molar-refractivity contribution in [3.8, 4) is 0 Å². The maximum absolute atomic E-state index is 12.8. The normalized spacial score (nSPS) is 12.6. The summed E-state index contributed by atoms with van der Waals surface area (Å²) < 4.78 is 16.7. The van der Waals surface area contributed by atoms with Gasteiger partial charge in [0.25, 0.3) is 0 Å². The van der Waals surface area contributed by atoms with Crippen LogP contribution in [0.15, 0.2) is 72.9 Å². The SMILES string of the molecule is CC/C=C\C/C=C\C/C=C\C/C=C\CCCCCCC(=O)OC(COC(=O)CCCCCCCCCC)COC(=O)CCCCCCCCC/C=C\C/C=C\CCCCCC. The predicted molar refractivity (Wildman–Crippen MR) is 261 cm³/mol. The van der Waals surface area contributed by atoms with E-state index in [1.807, 2.05) is 0 Å². The van der Waals surface area contributed by atoms with Crippen LogP contribution in [0, 0.1) is 0 Å². The largest absolute Gasteiger partial charge is 0.462 e. The standard InChI is InChI=1S/C55H94O6/c1-4-7-10-13-16-19-21-23-25-27-29-30-32-34-36-39-42-45-48-54(57)60-51-52(50-59-53(56)47-44-41-38-18-15-12-9-6-3)61-55(58)49-46-43-40-37-35-33-31-28-26-24-22-20-17-14-11-8-5-2/h8,11,17,19-21,24-27,31,33,52H,4-7,9-10,12-16,18,22-23,28-30,32,34-51H2,1-3H3/b11-8-,20-17-,21-19-,26-24-,27-25-,33-31-. The van der Waals surface area contributed by atoms with E-state index in [0.717, 1.165) is 109 Å². The molecule has 0 aromatic heterocycles. The van der Waals surface area contributed by atoms with E-state index in [9.17, 15) is 14.4 Å². The van der Waals surface area contributed by atoms with Crippen molar-refractivity contribution in [1.82, 2.24) is 0 Å². The Labute approximate surface area is 376 Å². The molecule has 0 aromatic rings. The minimum atomic E-state index is -0.788. The molecule has 0 bridgehead atoms. The van der Waals surface area contributed by atoms with Gasteiger partial charge >= 0.3 is 17.9 Å². The summed E-state index contributed by atoms with van der Waals surface area (Å²) in [6.07, 6.45) is 61.7. The maximum atomic E-state index is 12.8. The van der Waals surface area contributed by atoms with Crippen LogP contribution in [0.5, 0.6) is 0 Å². The van der Waals surface area contributed by atoms with Gasteiger partial charge in [0.05, 0.1) is 0 Å². The van der Waals surface area contributed by atoms with Gasteiger partial charge in [-0.15, -0.1) is 0 Å². The number of carbonyl (C=O) groups is 3. The summed E-state index contributed by atoms with van der Waals surface area (Å²) in [5.74, 6) is -0.923. The lowest BCUT2D eigenvalue weighted by Crippen LogP contribution is -2.30. The molecule has 0 saturated carbocycles. The Hall–Kier alpha value is -3.15. The van der Waals surface area contributed by atoms with E-state index in [2.05, 4.69) is 93.7 Å². The quantitative estimate of drug-likeness (QED) is 0.0263. The Balaban J connectivity index is 4.36. The Morgan fingerprint density at radius 2 is 0.639 bits per heavy atom. The Bertz CT molecular complexity index is 1160. The van der Waals surface area contributed by atoms with Crippen molar-refractivity contribution in [3.05, 3.63) is 72.9 Å². The van der Waals surface area contributed by atoms with Crippen LogP contribution in [-0.2, 0) is 28.6 Å². The van der Waals surface area contributed by atoms with E-state index < -0.39 is 6.10 Å². The minimum Gasteiger partial charge on any atom is -0.462 e. The third kappa shape index (κ3) is 47.7. The van der Waals surface area contributed by atoms with E-state index in [-0.39, 0.29) is 31.1 Å². The fourth-order valence-corrected chi connectivity index (χ4v) is 6.87. The van der Waals surface area contributed by atoms with Gasteiger partial charge in [0.2, 0.25) is 0 Å². The van der Waals surface area contributed by atoms with Gasteiger partial charge in [-0.2, -0.15) is 0 Å². The second-order valence-corrected chi connectivity index (χ2v) is 16.7. The molecule has 61 heavy (non-hydrogen) atoms. The van der Waals surface area contributed by atoms with Crippen molar-refractivity contribution < 1.29 is 28.6 Å². The van der Waals surface area contributed by atoms with Crippen molar-refractivity contribution in [2.75, 3.05) is 13.2 Å². The summed E-state index contributed by atoms with van der Waals surface area (Å²) in [4.78, 5) is 37.8. The zero-order chi connectivity index (χ0) is 44.4. The monoisotopic (exact) mass is 851 g/mol. The van der Waals surface area contributed by atoms with E-state index in [1.54, 1.807) is 0 Å². The minimum absolute atomic E-state index is 0.0875. The second kappa shape index (κ2) is 49.5. The van der Waals surface area contributed by atoms with Gasteiger partial charge in [-0.25, -0.2) is 0 Å². The van der Waals surface area contributed by atoms with Gasteiger partial charge in [-0.05, 0) is 89.9 Å². The first-order valence-corrected chi connectivity index (χ1v) is 25.4. The topological polar surface area (TPSA) is 78.9 Å². The van der Waals surface area contributed by atoms with Crippen molar-refractivity contribution >= 4 is 17.9 Å². The molecule has 6 heteroatoms. The lowest BCUT2D eigenvalue weighted by molar-refractivity contribution is -0.167. The zero-order valence-corrected chi connectivity index (χ0v) is 39.9. The fraction of sp³-hybridized carbons (Fsp3) is 0.727. The van der Waals surface area contributed by atoms with Gasteiger partial charge in [-0.1, -0.05) is 203 Å². The first-order chi connectivity index (χ1) is 30.0. The second-order valence-electron chi connectivity index (χ2n) is 16.7. The van der Waals surface area contributed by atoms with Crippen LogP contribution in [0.25, 0.3) is 0 Å². The summed E-state index contributed by atoms with van der Waals surface area (Å²) in [6, 6.07) is 0. The third-order valence-corrected chi connectivity index (χ3v) is 10.7. The van der Waals surface area contributed by atoms with Crippen LogP contribution in [0.4, 0.5) is 0 Å². The smallest absolute Gasteiger partial charge is 0.306 e. The molecule has 0 aromatic carbocycles. The molecule has 6 nitrogen and oxygen atoms in total. The summed E-state index contributed by atoms with van der Waals surface area (Å²) in [6.45, 7) is 6.45. The highest BCUT2D eigenvalue weighted by Gasteiger charge is 2.19. The number of hydrogen-bond donors (Lipinski definition) is 0. The van der Waals surface area contributed by atoms with Crippen molar-refractivity contribution in [2.24, 2.45) is 0 Å². The molecule has 0 amide bonds. The summed E-state index contributed by atoms with van der Waals surface area (Å²) in [5, 5.41) is 0. The van der Waals surface area contributed by atoms with E-state index in [4.69, 9.17) is 14.2 Å². The molecule has 0 spiro atoms. The van der Waals surface area contributed by atoms with Crippen LogP contribution >= 0.6 is 0 Å². The molecular weight excluding hydrogens is 757 g/mol. The Morgan fingerprint density at radius 1 is 0.344 bits per heavy atom. The lowest BCUT2D eigenvalue weighted by atomic mass is 10.1. The number of hydrogen-bond acceptors (Lipinski definition) is 6. The molecule has 1 unspecified atom stereocenters. The van der Waals surface area contributed by atoms with Crippen LogP contribution in [-0.4, -0.2) is 37.2 Å². The van der Waals surface area contributed by atoms with Crippen molar-refractivity contribution in [1.29, 1.82) is 0 Å². The highest BCUT2D eigenvalue weighted by molar-refractivity contribution is 5.71. The first kappa shape index (κ1) is 57.9.